The first kappa shape index (κ1) is 23.8. The summed E-state index contributed by atoms with van der Waals surface area (Å²) in [7, 11) is -3.80. The second-order valence-electron chi connectivity index (χ2n) is 5.22. The van der Waals surface area contributed by atoms with Gasteiger partial charge < -0.3 is 6.74 Å². The molecule has 0 spiro atoms. The maximum atomic E-state index is 10.4. The zero-order valence-electron chi connectivity index (χ0n) is 14.4. The molecular weight excluding hydrogens is 301 g/mol. The quantitative estimate of drug-likeness (QED) is 0.276. The summed E-state index contributed by atoms with van der Waals surface area (Å²) in [5.41, 5.74) is 0. The molecular formula is C14H32KNO3S. The van der Waals surface area contributed by atoms with Crippen molar-refractivity contribution in [3.05, 3.63) is 0 Å². The van der Waals surface area contributed by atoms with E-state index in [2.05, 4.69) is 12.2 Å². The number of rotatable bonds is 14. The number of unbranched alkanes of at least 4 members (excludes halogenated alkanes) is 9. The minimum absolute atomic E-state index is 0. The smallest absolute Gasteiger partial charge is 1.00 e. The van der Waals surface area contributed by atoms with Gasteiger partial charge in [0.2, 0.25) is 0 Å². The molecule has 0 bridgehead atoms. The normalized spacial score (nSPS) is 11.3. The maximum Gasteiger partial charge on any atom is 1.00 e. The van der Waals surface area contributed by atoms with Crippen LogP contribution in [0.1, 0.15) is 72.6 Å². The molecule has 0 aromatic heterocycles. The van der Waals surface area contributed by atoms with Gasteiger partial charge in [-0.2, -0.15) is 8.42 Å². The Bertz CT molecular complexity index is 290. The van der Waals surface area contributed by atoms with Crippen molar-refractivity contribution in [1.29, 1.82) is 0 Å². The van der Waals surface area contributed by atoms with Gasteiger partial charge in [0.1, 0.15) is 0 Å². The summed E-state index contributed by atoms with van der Waals surface area (Å²) in [5, 5.41) is 3.03. The van der Waals surface area contributed by atoms with E-state index in [4.69, 9.17) is 4.55 Å². The van der Waals surface area contributed by atoms with Crippen LogP contribution in [0.25, 0.3) is 0 Å². The third kappa shape index (κ3) is 21.8. The van der Waals surface area contributed by atoms with Crippen molar-refractivity contribution in [2.45, 2.75) is 71.1 Å². The molecule has 0 saturated carbocycles. The van der Waals surface area contributed by atoms with Crippen LogP contribution in [0.4, 0.5) is 0 Å². The molecule has 20 heavy (non-hydrogen) atoms. The van der Waals surface area contributed by atoms with E-state index in [1.807, 2.05) is 0 Å². The fourth-order valence-corrected chi connectivity index (χ4v) is 2.47. The SMILES string of the molecule is CCCCCCCCCCCCNCCS(=O)(=O)O.[H-].[K+]. The predicted molar refractivity (Wildman–Crippen MR) is 82.2 cm³/mol. The van der Waals surface area contributed by atoms with E-state index >= 15 is 0 Å². The summed E-state index contributed by atoms with van der Waals surface area (Å²) in [6.45, 7) is 3.42. The minimum atomic E-state index is -3.80. The van der Waals surface area contributed by atoms with Gasteiger partial charge in [0.05, 0.1) is 5.75 Å². The zero-order chi connectivity index (χ0) is 14.4. The van der Waals surface area contributed by atoms with Crippen LogP contribution in [-0.2, 0) is 10.1 Å². The molecule has 0 atom stereocenters. The van der Waals surface area contributed by atoms with E-state index in [0.29, 0.717) is 6.54 Å². The van der Waals surface area contributed by atoms with Crippen molar-refractivity contribution in [3.63, 3.8) is 0 Å². The van der Waals surface area contributed by atoms with Crippen LogP contribution in [0, 0.1) is 0 Å². The third-order valence-electron chi connectivity index (χ3n) is 3.24. The van der Waals surface area contributed by atoms with Gasteiger partial charge in [0.15, 0.2) is 0 Å². The molecule has 4 nitrogen and oxygen atoms in total. The van der Waals surface area contributed by atoms with Crippen molar-refractivity contribution in [2.75, 3.05) is 18.8 Å². The molecule has 0 radical (unpaired) electrons. The van der Waals surface area contributed by atoms with Gasteiger partial charge in [0.25, 0.3) is 10.1 Å². The molecule has 0 unspecified atom stereocenters. The van der Waals surface area contributed by atoms with Crippen LogP contribution in [0.3, 0.4) is 0 Å². The van der Waals surface area contributed by atoms with Crippen molar-refractivity contribution >= 4 is 10.1 Å². The first-order valence-electron chi connectivity index (χ1n) is 7.72. The Morgan fingerprint density at radius 1 is 0.850 bits per heavy atom. The van der Waals surface area contributed by atoms with E-state index in [1.54, 1.807) is 0 Å². The van der Waals surface area contributed by atoms with Crippen LogP contribution in [-0.4, -0.2) is 31.8 Å². The Hall–Kier alpha value is 1.51. The predicted octanol–water partition coefficient (Wildman–Crippen LogP) is 0.501. The molecule has 0 rings (SSSR count). The molecule has 6 heteroatoms. The fourth-order valence-electron chi connectivity index (χ4n) is 2.06. The first-order chi connectivity index (χ1) is 9.06. The van der Waals surface area contributed by atoms with Gasteiger partial charge >= 0.3 is 51.4 Å². The van der Waals surface area contributed by atoms with E-state index < -0.39 is 10.1 Å². The van der Waals surface area contributed by atoms with E-state index in [1.165, 1.54) is 57.8 Å². The van der Waals surface area contributed by atoms with Crippen molar-refractivity contribution in [3.8, 4) is 0 Å². The first-order valence-corrected chi connectivity index (χ1v) is 9.33. The standard InChI is InChI=1S/C14H31NO3S.K.H/c1-2-3-4-5-6-7-8-9-10-11-12-15-13-14-19(16,17)18;;/h15H,2-14H2,1H3,(H,16,17,18);;/q;+1;-1. The fraction of sp³-hybridized carbons (Fsp3) is 1.00. The van der Waals surface area contributed by atoms with Gasteiger partial charge in [0, 0.05) is 6.54 Å². The Morgan fingerprint density at radius 2 is 1.30 bits per heavy atom. The Labute approximate surface area is 169 Å². The molecule has 0 aromatic carbocycles. The third-order valence-corrected chi connectivity index (χ3v) is 3.96. The van der Waals surface area contributed by atoms with Gasteiger partial charge in [-0.3, -0.25) is 4.55 Å². The number of nitrogens with one attached hydrogen (secondary N) is 1. The molecule has 0 amide bonds. The molecule has 0 aliphatic carbocycles. The summed E-state index contributed by atoms with van der Waals surface area (Å²) < 4.78 is 29.4. The Kier molecular flexibility index (Phi) is 20.0. The van der Waals surface area contributed by atoms with Gasteiger partial charge in [-0.15, -0.1) is 0 Å². The van der Waals surface area contributed by atoms with Crippen molar-refractivity contribution < 1.29 is 65.8 Å². The van der Waals surface area contributed by atoms with E-state index in [9.17, 15) is 8.42 Å². The molecule has 0 fully saturated rings. The second kappa shape index (κ2) is 16.9. The molecule has 0 aliphatic heterocycles. The molecule has 118 valence electrons. The van der Waals surface area contributed by atoms with Gasteiger partial charge in [-0.25, -0.2) is 0 Å². The molecule has 0 saturated heterocycles. The summed E-state index contributed by atoms with van der Waals surface area (Å²) in [6.07, 6.45) is 13.0. The topological polar surface area (TPSA) is 66.4 Å². The van der Waals surface area contributed by atoms with E-state index in [0.717, 1.165) is 13.0 Å². The molecule has 0 heterocycles. The average molecular weight is 334 g/mol. The molecule has 2 N–H and O–H groups in total. The van der Waals surface area contributed by atoms with Crippen molar-refractivity contribution in [2.24, 2.45) is 0 Å². The Morgan fingerprint density at radius 3 is 1.75 bits per heavy atom. The second-order valence-corrected chi connectivity index (χ2v) is 6.79. The molecule has 0 aromatic rings. The van der Waals surface area contributed by atoms with Crippen LogP contribution in [0.2, 0.25) is 0 Å². The van der Waals surface area contributed by atoms with Crippen molar-refractivity contribution in [1.82, 2.24) is 5.32 Å². The molecule has 0 aliphatic rings. The summed E-state index contributed by atoms with van der Waals surface area (Å²) >= 11 is 0. The maximum absolute atomic E-state index is 10.4. The van der Waals surface area contributed by atoms with Gasteiger partial charge in [-0.05, 0) is 13.0 Å². The monoisotopic (exact) mass is 333 g/mol. The Balaban J connectivity index is -0.00000162. The largest absolute Gasteiger partial charge is 1.00 e. The zero-order valence-corrected chi connectivity index (χ0v) is 17.3. The van der Waals surface area contributed by atoms with Crippen LogP contribution >= 0.6 is 0 Å². The summed E-state index contributed by atoms with van der Waals surface area (Å²) in [5.74, 6) is -0.190. The number of hydrogen-bond acceptors (Lipinski definition) is 3. The van der Waals surface area contributed by atoms with Crippen LogP contribution in [0.15, 0.2) is 0 Å². The van der Waals surface area contributed by atoms with E-state index in [-0.39, 0.29) is 58.6 Å². The van der Waals surface area contributed by atoms with Crippen LogP contribution < -0.4 is 56.7 Å². The number of hydrogen-bond donors (Lipinski definition) is 2. The summed E-state index contributed by atoms with van der Waals surface area (Å²) in [6, 6.07) is 0. The average Bonchev–Trinajstić information content (AvgIpc) is 2.34. The summed E-state index contributed by atoms with van der Waals surface area (Å²) in [4.78, 5) is 0. The van der Waals surface area contributed by atoms with Crippen LogP contribution in [0.5, 0.6) is 0 Å². The minimum Gasteiger partial charge on any atom is -1.00 e. The van der Waals surface area contributed by atoms with Gasteiger partial charge in [-0.1, -0.05) is 64.7 Å².